The Labute approximate surface area is 261 Å². The van der Waals surface area contributed by atoms with Gasteiger partial charge in [0.2, 0.25) is 5.91 Å². The van der Waals surface area contributed by atoms with Crippen LogP contribution in [0.3, 0.4) is 0 Å². The van der Waals surface area contributed by atoms with Crippen LogP contribution in [0, 0.1) is 0 Å². The Morgan fingerprint density at radius 3 is 2.52 bits per heavy atom. The van der Waals surface area contributed by atoms with E-state index in [1.807, 2.05) is 0 Å². The average molecular weight is 704 g/mol. The van der Waals surface area contributed by atoms with Gasteiger partial charge in [0.25, 0.3) is 11.1 Å². The Bertz CT molecular complexity index is 1590. The van der Waals surface area contributed by atoms with Crippen LogP contribution in [-0.4, -0.2) is 35.1 Å². The minimum absolute atomic E-state index is 0.0469. The number of carbonyl (C=O) groups is 3. The number of carbonyl (C=O) groups excluding carboxylic acids is 3. The van der Waals surface area contributed by atoms with Crippen molar-refractivity contribution in [3.63, 3.8) is 0 Å². The molecule has 1 N–H and O–H groups in total. The predicted molar refractivity (Wildman–Crippen MR) is 159 cm³/mol. The number of thioether (sulfide) groups is 1. The Balaban J connectivity index is 1.48. The molecule has 3 aromatic carbocycles. The molecule has 7 nitrogen and oxygen atoms in total. The molecule has 1 fully saturated rings. The third-order valence-electron chi connectivity index (χ3n) is 5.65. The van der Waals surface area contributed by atoms with Crippen LogP contribution in [0.1, 0.15) is 23.6 Å². The van der Waals surface area contributed by atoms with Gasteiger partial charge in [0.05, 0.1) is 31.6 Å². The molecule has 1 aliphatic heterocycles. The Morgan fingerprint density at radius 2 is 1.83 bits per heavy atom. The van der Waals surface area contributed by atoms with Crippen molar-refractivity contribution in [2.45, 2.75) is 19.7 Å². The van der Waals surface area contributed by atoms with Crippen LogP contribution in [0.5, 0.6) is 11.5 Å². The number of ether oxygens (including phenoxy) is 2. The summed E-state index contributed by atoms with van der Waals surface area (Å²) in [5, 5.41) is 2.40. The average Bonchev–Trinajstić information content (AvgIpc) is 3.17. The van der Waals surface area contributed by atoms with E-state index < -0.39 is 35.3 Å². The van der Waals surface area contributed by atoms with Crippen LogP contribution in [0.25, 0.3) is 6.08 Å². The zero-order valence-corrected chi connectivity index (χ0v) is 25.5. The van der Waals surface area contributed by atoms with Crippen molar-refractivity contribution in [3.8, 4) is 11.5 Å². The summed E-state index contributed by atoms with van der Waals surface area (Å²) in [6.45, 7) is 1.60. The number of alkyl halides is 3. The number of amides is 3. The van der Waals surface area contributed by atoms with Gasteiger partial charge in [0, 0.05) is 5.69 Å². The topological polar surface area (TPSA) is 84.9 Å². The quantitative estimate of drug-likeness (QED) is 0.225. The lowest BCUT2D eigenvalue weighted by atomic mass is 10.1. The predicted octanol–water partition coefficient (Wildman–Crippen LogP) is 8.43. The van der Waals surface area contributed by atoms with Crippen LogP contribution in [0.4, 0.5) is 23.7 Å². The van der Waals surface area contributed by atoms with Crippen LogP contribution in [-0.2, 0) is 22.4 Å². The van der Waals surface area contributed by atoms with Gasteiger partial charge in [-0.15, -0.1) is 0 Å². The van der Waals surface area contributed by atoms with E-state index in [2.05, 4.69) is 21.2 Å². The second kappa shape index (κ2) is 13.4. The highest BCUT2D eigenvalue weighted by Crippen LogP contribution is 2.40. The van der Waals surface area contributed by atoms with Gasteiger partial charge in [-0.3, -0.25) is 19.3 Å². The summed E-state index contributed by atoms with van der Waals surface area (Å²) >= 11 is 16.1. The summed E-state index contributed by atoms with van der Waals surface area (Å²) in [6.07, 6.45) is -3.13. The normalized spacial score (nSPS) is 14.5. The molecule has 0 spiro atoms. The van der Waals surface area contributed by atoms with Gasteiger partial charge in [-0.25, -0.2) is 0 Å². The smallest absolute Gasteiger partial charge is 0.416 e. The van der Waals surface area contributed by atoms with E-state index in [0.717, 1.165) is 23.8 Å². The SMILES string of the molecule is CCOc1cc(/C=C2\SC(=O)N(CC(=O)Nc3cccc(C(F)(F)F)c3)C2=O)cc(Br)c1OCc1ccc(Cl)c(Cl)c1. The maximum Gasteiger partial charge on any atom is 0.416 e. The maximum atomic E-state index is 13.0. The number of benzene rings is 3. The number of hydrogen-bond donors (Lipinski definition) is 1. The van der Waals surface area contributed by atoms with Gasteiger partial charge in [-0.1, -0.05) is 35.3 Å². The fourth-order valence-electron chi connectivity index (χ4n) is 3.76. The molecule has 0 bridgehead atoms. The maximum absolute atomic E-state index is 13.0. The monoisotopic (exact) mass is 702 g/mol. The fourth-order valence-corrected chi connectivity index (χ4v) is 5.50. The van der Waals surface area contributed by atoms with Gasteiger partial charge in [0.1, 0.15) is 13.2 Å². The molecule has 0 aromatic heterocycles. The summed E-state index contributed by atoms with van der Waals surface area (Å²) in [4.78, 5) is 38.7. The third-order valence-corrected chi connectivity index (χ3v) is 7.88. The molecule has 3 aromatic rings. The molecule has 1 saturated heterocycles. The number of hydrogen-bond acceptors (Lipinski definition) is 6. The van der Waals surface area contributed by atoms with E-state index in [1.54, 1.807) is 37.3 Å². The third kappa shape index (κ3) is 7.80. The van der Waals surface area contributed by atoms with Gasteiger partial charge in [-0.2, -0.15) is 13.2 Å². The van der Waals surface area contributed by atoms with Crippen molar-refractivity contribution >= 4 is 79.7 Å². The Morgan fingerprint density at radius 1 is 1.07 bits per heavy atom. The first-order valence-electron chi connectivity index (χ1n) is 12.1. The van der Waals surface area contributed by atoms with Crippen molar-refractivity contribution in [1.29, 1.82) is 0 Å². The summed E-state index contributed by atoms with van der Waals surface area (Å²) in [7, 11) is 0. The zero-order valence-electron chi connectivity index (χ0n) is 21.6. The van der Waals surface area contributed by atoms with Gasteiger partial charge >= 0.3 is 6.18 Å². The number of nitrogens with one attached hydrogen (secondary N) is 1. The van der Waals surface area contributed by atoms with Crippen LogP contribution in [0.15, 0.2) is 64.0 Å². The number of imide groups is 1. The van der Waals surface area contributed by atoms with E-state index in [4.69, 9.17) is 32.7 Å². The van der Waals surface area contributed by atoms with E-state index in [9.17, 15) is 27.6 Å². The lowest BCUT2D eigenvalue weighted by Gasteiger charge is -2.15. The minimum atomic E-state index is -4.59. The molecule has 220 valence electrons. The fraction of sp³-hybridized carbons (Fsp3) is 0.179. The largest absolute Gasteiger partial charge is 0.490 e. The highest BCUT2D eigenvalue weighted by molar-refractivity contribution is 9.10. The lowest BCUT2D eigenvalue weighted by molar-refractivity contribution is -0.137. The molecular weight excluding hydrogens is 684 g/mol. The summed E-state index contributed by atoms with van der Waals surface area (Å²) in [6, 6.07) is 12.4. The summed E-state index contributed by atoms with van der Waals surface area (Å²) < 4.78 is 51.1. The van der Waals surface area contributed by atoms with Crippen molar-refractivity contribution in [1.82, 2.24) is 4.90 Å². The van der Waals surface area contributed by atoms with Crippen molar-refractivity contribution in [2.75, 3.05) is 18.5 Å². The van der Waals surface area contributed by atoms with Crippen LogP contribution < -0.4 is 14.8 Å². The highest BCUT2D eigenvalue weighted by atomic mass is 79.9. The molecular formula is C28H20BrCl2F3N2O5S. The van der Waals surface area contributed by atoms with Crippen molar-refractivity contribution in [2.24, 2.45) is 0 Å². The molecule has 0 aliphatic carbocycles. The lowest BCUT2D eigenvalue weighted by Crippen LogP contribution is -2.36. The molecule has 1 heterocycles. The number of nitrogens with zero attached hydrogens (tertiary/aromatic N) is 1. The number of halogens is 6. The van der Waals surface area contributed by atoms with E-state index in [0.29, 0.717) is 54.8 Å². The van der Waals surface area contributed by atoms with Crippen LogP contribution in [0.2, 0.25) is 10.0 Å². The minimum Gasteiger partial charge on any atom is -0.490 e. The molecule has 0 radical (unpaired) electrons. The van der Waals surface area contributed by atoms with Gasteiger partial charge in [0.15, 0.2) is 11.5 Å². The van der Waals surface area contributed by atoms with Crippen LogP contribution >= 0.6 is 50.9 Å². The Kier molecular flexibility index (Phi) is 10.1. The summed E-state index contributed by atoms with van der Waals surface area (Å²) in [5.41, 5.74) is 0.213. The molecule has 1 aliphatic rings. The second-order valence-corrected chi connectivity index (χ2v) is 11.4. The summed E-state index contributed by atoms with van der Waals surface area (Å²) in [5.74, 6) is -0.779. The molecule has 0 unspecified atom stereocenters. The second-order valence-electron chi connectivity index (χ2n) is 8.69. The first kappa shape index (κ1) is 31.7. The Hall–Kier alpha value is -3.19. The number of anilines is 1. The van der Waals surface area contributed by atoms with Gasteiger partial charge < -0.3 is 14.8 Å². The van der Waals surface area contributed by atoms with E-state index in [1.165, 1.54) is 12.1 Å². The molecule has 0 saturated carbocycles. The zero-order chi connectivity index (χ0) is 30.6. The molecule has 14 heteroatoms. The highest BCUT2D eigenvalue weighted by Gasteiger charge is 2.36. The molecule has 42 heavy (non-hydrogen) atoms. The molecule has 4 rings (SSSR count). The first-order valence-corrected chi connectivity index (χ1v) is 14.5. The first-order chi connectivity index (χ1) is 19.8. The van der Waals surface area contributed by atoms with Crippen molar-refractivity contribution in [3.05, 3.63) is 90.7 Å². The number of rotatable bonds is 9. The molecule has 3 amide bonds. The van der Waals surface area contributed by atoms with E-state index >= 15 is 0 Å². The standard InChI is InChI=1S/C28H20BrCl2F3N2O5S/c1-2-40-22-10-16(8-19(29)25(22)41-14-15-6-7-20(30)21(31)9-15)11-23-26(38)36(27(39)42-23)13-24(37)35-18-5-3-4-17(12-18)28(32,33)34/h3-12H,2,13-14H2,1H3,(H,35,37)/b23-11-. The molecule has 0 atom stereocenters. The van der Waals surface area contributed by atoms with Gasteiger partial charge in [-0.05, 0) is 94.3 Å². The van der Waals surface area contributed by atoms with E-state index in [-0.39, 0.29) is 17.2 Å². The van der Waals surface area contributed by atoms with Crippen molar-refractivity contribution < 1.29 is 37.0 Å².